The summed E-state index contributed by atoms with van der Waals surface area (Å²) in [6.07, 6.45) is 5.32. The summed E-state index contributed by atoms with van der Waals surface area (Å²) < 4.78 is 0. The van der Waals surface area contributed by atoms with Crippen molar-refractivity contribution >= 4 is 0 Å². The van der Waals surface area contributed by atoms with E-state index in [1.54, 1.807) is 5.56 Å². The number of benzene rings is 1. The van der Waals surface area contributed by atoms with Gasteiger partial charge in [0.2, 0.25) is 0 Å². The van der Waals surface area contributed by atoms with Crippen molar-refractivity contribution in [3.8, 4) is 0 Å². The lowest BCUT2D eigenvalue weighted by Crippen LogP contribution is -2.40. The normalized spacial score (nSPS) is 27.6. The monoisotopic (exact) mass is 243 g/mol. The summed E-state index contributed by atoms with van der Waals surface area (Å²) in [4.78, 5) is 0. The van der Waals surface area contributed by atoms with Crippen LogP contribution in [0.25, 0.3) is 0 Å². The van der Waals surface area contributed by atoms with Gasteiger partial charge in [-0.15, -0.1) is 0 Å². The highest BCUT2D eigenvalue weighted by Crippen LogP contribution is 2.47. The Labute approximate surface area is 111 Å². The molecular formula is C17H25N. The molecule has 0 aromatic heterocycles. The van der Waals surface area contributed by atoms with Gasteiger partial charge in [-0.05, 0) is 47.6 Å². The van der Waals surface area contributed by atoms with Gasteiger partial charge in [0.05, 0.1) is 0 Å². The van der Waals surface area contributed by atoms with E-state index in [4.69, 9.17) is 0 Å². The molecule has 1 nitrogen and oxygen atoms in total. The fourth-order valence-electron chi connectivity index (χ4n) is 3.19. The van der Waals surface area contributed by atoms with E-state index in [9.17, 15) is 0 Å². The van der Waals surface area contributed by atoms with E-state index in [0.717, 1.165) is 0 Å². The molecular weight excluding hydrogens is 218 g/mol. The minimum atomic E-state index is 0.375. The zero-order valence-electron chi connectivity index (χ0n) is 11.9. The van der Waals surface area contributed by atoms with Crippen LogP contribution < -0.4 is 5.32 Å². The smallest absolute Gasteiger partial charge is 0.0374 e. The van der Waals surface area contributed by atoms with Crippen LogP contribution in [-0.4, -0.2) is 6.54 Å². The Balaban J connectivity index is 1.84. The number of nitrogens with one attached hydrogen (secondary N) is 1. The highest BCUT2D eigenvalue weighted by atomic mass is 15.0. The van der Waals surface area contributed by atoms with Gasteiger partial charge in [0.15, 0.2) is 0 Å². The quantitative estimate of drug-likeness (QED) is 0.843. The average molecular weight is 243 g/mol. The molecule has 0 bridgehead atoms. The predicted octanol–water partition coefficient (Wildman–Crippen LogP) is 4.09. The van der Waals surface area contributed by atoms with Gasteiger partial charge in [-0.1, -0.05) is 45.0 Å². The van der Waals surface area contributed by atoms with Gasteiger partial charge in [0.1, 0.15) is 0 Å². The lowest BCUT2D eigenvalue weighted by molar-refractivity contribution is 0.201. The standard InChI is InChI=1S/C17H25N/c1-16(2)9-8-13-6-4-5-7-14(13)15(16)18-12-17(3)10-11-17/h4-7,15,18H,8-12H2,1-3H3. The second-order valence-electron chi connectivity index (χ2n) is 7.31. The molecule has 0 spiro atoms. The van der Waals surface area contributed by atoms with Crippen molar-refractivity contribution in [3.05, 3.63) is 35.4 Å². The first kappa shape index (κ1) is 12.2. The van der Waals surface area contributed by atoms with Gasteiger partial charge >= 0.3 is 0 Å². The SMILES string of the molecule is CC1(CNC2c3ccccc3CCC2(C)C)CC1. The molecule has 0 amide bonds. The molecule has 0 radical (unpaired) electrons. The molecule has 2 aliphatic rings. The van der Waals surface area contributed by atoms with Crippen LogP contribution in [-0.2, 0) is 6.42 Å². The molecule has 1 fully saturated rings. The van der Waals surface area contributed by atoms with Gasteiger partial charge in [0, 0.05) is 12.6 Å². The average Bonchev–Trinajstić information content (AvgIpc) is 3.06. The van der Waals surface area contributed by atoms with Crippen LogP contribution in [0.3, 0.4) is 0 Å². The van der Waals surface area contributed by atoms with Crippen LogP contribution in [0.1, 0.15) is 57.2 Å². The molecule has 3 rings (SSSR count). The van der Waals surface area contributed by atoms with Crippen molar-refractivity contribution < 1.29 is 0 Å². The molecule has 1 saturated carbocycles. The molecule has 1 atom stereocenters. The Kier molecular flexibility index (Phi) is 2.78. The maximum atomic E-state index is 3.87. The number of aryl methyl sites for hydroxylation is 1. The summed E-state index contributed by atoms with van der Waals surface area (Å²) >= 11 is 0. The number of fused-ring (bicyclic) bond motifs is 1. The molecule has 1 unspecified atom stereocenters. The fourth-order valence-corrected chi connectivity index (χ4v) is 3.19. The lowest BCUT2D eigenvalue weighted by atomic mass is 9.70. The van der Waals surface area contributed by atoms with Crippen LogP contribution in [0.15, 0.2) is 24.3 Å². The van der Waals surface area contributed by atoms with Crippen molar-refractivity contribution in [3.63, 3.8) is 0 Å². The van der Waals surface area contributed by atoms with Crippen LogP contribution in [0.2, 0.25) is 0 Å². The van der Waals surface area contributed by atoms with E-state index in [1.165, 1.54) is 37.8 Å². The van der Waals surface area contributed by atoms with Crippen LogP contribution in [0.4, 0.5) is 0 Å². The van der Waals surface area contributed by atoms with Gasteiger partial charge in [0.25, 0.3) is 0 Å². The number of rotatable bonds is 3. The van der Waals surface area contributed by atoms with Gasteiger partial charge in [-0.25, -0.2) is 0 Å². The zero-order chi connectivity index (χ0) is 12.8. The van der Waals surface area contributed by atoms with Crippen molar-refractivity contribution in [2.45, 2.75) is 52.5 Å². The van der Waals surface area contributed by atoms with Gasteiger partial charge in [-0.3, -0.25) is 0 Å². The maximum absolute atomic E-state index is 3.87. The van der Waals surface area contributed by atoms with Crippen molar-refractivity contribution in [1.29, 1.82) is 0 Å². The Morgan fingerprint density at radius 2 is 1.83 bits per heavy atom. The topological polar surface area (TPSA) is 12.0 Å². The van der Waals surface area contributed by atoms with Crippen LogP contribution in [0.5, 0.6) is 0 Å². The van der Waals surface area contributed by atoms with Crippen molar-refractivity contribution in [2.24, 2.45) is 10.8 Å². The third-order valence-electron chi connectivity index (χ3n) is 5.02. The minimum absolute atomic E-state index is 0.375. The summed E-state index contributed by atoms with van der Waals surface area (Å²) in [7, 11) is 0. The van der Waals surface area contributed by atoms with E-state index >= 15 is 0 Å². The molecule has 1 heteroatoms. The first-order valence-corrected chi connectivity index (χ1v) is 7.31. The van der Waals surface area contributed by atoms with E-state index in [-0.39, 0.29) is 0 Å². The van der Waals surface area contributed by atoms with Gasteiger partial charge in [-0.2, -0.15) is 0 Å². The third kappa shape index (κ3) is 2.21. The highest BCUT2D eigenvalue weighted by molar-refractivity contribution is 5.34. The molecule has 2 aliphatic carbocycles. The van der Waals surface area contributed by atoms with Gasteiger partial charge < -0.3 is 5.32 Å². The largest absolute Gasteiger partial charge is 0.309 e. The second kappa shape index (κ2) is 4.09. The summed E-state index contributed by atoms with van der Waals surface area (Å²) in [5.74, 6) is 0. The first-order chi connectivity index (χ1) is 8.50. The minimum Gasteiger partial charge on any atom is -0.309 e. The van der Waals surface area contributed by atoms with E-state index in [2.05, 4.69) is 50.4 Å². The predicted molar refractivity (Wildman–Crippen MR) is 76.6 cm³/mol. The number of hydrogen-bond acceptors (Lipinski definition) is 1. The summed E-state index contributed by atoms with van der Waals surface area (Å²) in [6.45, 7) is 8.41. The first-order valence-electron chi connectivity index (χ1n) is 7.31. The molecule has 0 saturated heterocycles. The van der Waals surface area contributed by atoms with Crippen LogP contribution in [0, 0.1) is 10.8 Å². The van der Waals surface area contributed by atoms with E-state index < -0.39 is 0 Å². The Hall–Kier alpha value is -0.820. The summed E-state index contributed by atoms with van der Waals surface area (Å²) in [5, 5.41) is 3.87. The van der Waals surface area contributed by atoms with Crippen molar-refractivity contribution in [2.75, 3.05) is 6.54 Å². The Morgan fingerprint density at radius 3 is 2.56 bits per heavy atom. The molecule has 18 heavy (non-hydrogen) atoms. The molecule has 1 aromatic carbocycles. The summed E-state index contributed by atoms with van der Waals surface area (Å²) in [5.41, 5.74) is 4.05. The Morgan fingerprint density at radius 1 is 1.11 bits per heavy atom. The molecule has 1 aromatic rings. The zero-order valence-corrected chi connectivity index (χ0v) is 11.9. The Bertz CT molecular complexity index is 443. The molecule has 0 heterocycles. The molecule has 98 valence electrons. The third-order valence-corrected chi connectivity index (χ3v) is 5.02. The van der Waals surface area contributed by atoms with Crippen molar-refractivity contribution in [1.82, 2.24) is 5.32 Å². The van der Waals surface area contributed by atoms with E-state index in [0.29, 0.717) is 16.9 Å². The molecule has 1 N–H and O–H groups in total. The van der Waals surface area contributed by atoms with E-state index in [1.807, 2.05) is 0 Å². The van der Waals surface area contributed by atoms with Crippen LogP contribution >= 0.6 is 0 Å². The maximum Gasteiger partial charge on any atom is 0.0374 e. The lowest BCUT2D eigenvalue weighted by Gasteiger charge is -2.41. The summed E-state index contributed by atoms with van der Waals surface area (Å²) in [6, 6.07) is 9.52. The highest BCUT2D eigenvalue weighted by Gasteiger charge is 2.40. The fraction of sp³-hybridized carbons (Fsp3) is 0.647. The molecule has 0 aliphatic heterocycles. The second-order valence-corrected chi connectivity index (χ2v) is 7.31. The number of hydrogen-bond donors (Lipinski definition) is 1.